The molecule has 4 rings (SSSR count). The van der Waals surface area contributed by atoms with E-state index < -0.39 is 23.6 Å². The quantitative estimate of drug-likeness (QED) is 0.282. The summed E-state index contributed by atoms with van der Waals surface area (Å²) in [6.45, 7) is 7.95. The van der Waals surface area contributed by atoms with Crippen molar-refractivity contribution >= 4 is 23.7 Å². The molecule has 3 heterocycles. The van der Waals surface area contributed by atoms with Gasteiger partial charge in [0, 0.05) is 49.8 Å². The van der Waals surface area contributed by atoms with Crippen LogP contribution in [0.5, 0.6) is 0 Å². The highest BCUT2D eigenvalue weighted by molar-refractivity contribution is 6.07. The minimum Gasteiger partial charge on any atom is -0.476 e. The number of benzene rings is 1. The zero-order valence-corrected chi connectivity index (χ0v) is 23.8. The first kappa shape index (κ1) is 29.8. The summed E-state index contributed by atoms with van der Waals surface area (Å²) in [7, 11) is 0. The highest BCUT2D eigenvalue weighted by atomic mass is 16.6. The molecule has 0 spiro atoms. The van der Waals surface area contributed by atoms with Gasteiger partial charge >= 0.3 is 12.1 Å². The van der Waals surface area contributed by atoms with Crippen LogP contribution in [0.4, 0.5) is 10.5 Å². The molecule has 0 bridgehead atoms. The van der Waals surface area contributed by atoms with Crippen molar-refractivity contribution in [1.82, 2.24) is 24.9 Å². The maximum absolute atomic E-state index is 13.1. The molecule has 2 amide bonds. The van der Waals surface area contributed by atoms with Gasteiger partial charge in [-0.15, -0.1) is 0 Å². The molecule has 12 nitrogen and oxygen atoms in total. The normalized spacial score (nSPS) is 14.0. The summed E-state index contributed by atoms with van der Waals surface area (Å²) in [4.78, 5) is 36.6. The van der Waals surface area contributed by atoms with Crippen molar-refractivity contribution in [2.45, 2.75) is 71.1 Å². The Hall–Kier alpha value is -4.19. The summed E-state index contributed by atoms with van der Waals surface area (Å²) in [5.41, 5.74) is 1.54. The summed E-state index contributed by atoms with van der Waals surface area (Å²) in [6, 6.07) is 7.14. The van der Waals surface area contributed by atoms with Gasteiger partial charge in [-0.25, -0.2) is 9.59 Å². The Kier molecular flexibility index (Phi) is 9.77. The number of amides is 2. The van der Waals surface area contributed by atoms with E-state index in [9.17, 15) is 19.5 Å². The number of carbonyl (C=O) groups is 3. The van der Waals surface area contributed by atoms with Gasteiger partial charge < -0.3 is 25.2 Å². The molecule has 220 valence electrons. The third kappa shape index (κ3) is 8.65. The highest BCUT2D eigenvalue weighted by Crippen LogP contribution is 2.25. The van der Waals surface area contributed by atoms with E-state index in [0.717, 1.165) is 49.8 Å². The zero-order chi connectivity index (χ0) is 29.4. The fourth-order valence-electron chi connectivity index (χ4n) is 4.53. The lowest BCUT2D eigenvalue weighted by Crippen LogP contribution is -2.33. The number of alkyl carbamates (subject to hydrolysis) is 1. The van der Waals surface area contributed by atoms with Crippen molar-refractivity contribution in [1.29, 1.82) is 0 Å². The van der Waals surface area contributed by atoms with Crippen LogP contribution in [-0.2, 0) is 16.0 Å². The number of carboxylic acids is 1. The number of carboxylic acid groups (broad SMARTS) is 1. The number of hydrogen-bond donors (Lipinski definition) is 3. The standard InChI is InChI=1S/C29H38N6O6/c1-29(2,3)41-28(39)30-12-5-4-6-13-34-18-22(17-31-34)20-8-7-9-21(16-20)26(36)32-24-19-35(33-25(24)27(37)38)23-10-14-40-15-11-23/h7-9,16-19,23H,4-6,10-15H2,1-3H3,(H,30,39)(H,32,36)(H,37,38). The maximum Gasteiger partial charge on any atom is 0.407 e. The minimum atomic E-state index is -1.20. The summed E-state index contributed by atoms with van der Waals surface area (Å²) in [6.07, 6.45) is 8.97. The monoisotopic (exact) mass is 566 g/mol. The number of aryl methyl sites for hydroxylation is 1. The van der Waals surface area contributed by atoms with E-state index >= 15 is 0 Å². The number of aromatic carboxylic acids is 1. The fraction of sp³-hybridized carbons (Fsp3) is 0.483. The molecule has 1 fully saturated rings. The maximum atomic E-state index is 13.1. The number of rotatable bonds is 11. The SMILES string of the molecule is CC(C)(C)OC(=O)NCCCCCn1cc(-c2cccc(C(=O)Nc3cn(C4CCOCC4)nc3C(=O)O)c2)cn1. The number of carbonyl (C=O) groups excluding carboxylic acids is 2. The van der Waals surface area contributed by atoms with Crippen LogP contribution in [0.1, 0.15) is 79.8 Å². The summed E-state index contributed by atoms with van der Waals surface area (Å²) < 4.78 is 14.1. The Morgan fingerprint density at radius 2 is 1.88 bits per heavy atom. The van der Waals surface area contributed by atoms with Crippen LogP contribution in [0.2, 0.25) is 0 Å². The molecule has 2 aromatic heterocycles. The van der Waals surface area contributed by atoms with Crippen LogP contribution in [-0.4, -0.2) is 68.0 Å². The Morgan fingerprint density at radius 1 is 1.10 bits per heavy atom. The predicted molar refractivity (Wildman–Crippen MR) is 152 cm³/mol. The molecule has 1 aliphatic rings. The van der Waals surface area contributed by atoms with Gasteiger partial charge in [0.25, 0.3) is 5.91 Å². The van der Waals surface area contributed by atoms with Crippen LogP contribution in [0, 0.1) is 0 Å². The van der Waals surface area contributed by atoms with Gasteiger partial charge in [-0.3, -0.25) is 14.2 Å². The third-order valence-electron chi connectivity index (χ3n) is 6.57. The van der Waals surface area contributed by atoms with Crippen LogP contribution in [0.3, 0.4) is 0 Å². The number of unbranched alkanes of at least 4 members (excludes halogenated alkanes) is 2. The average molecular weight is 567 g/mol. The molecular formula is C29H38N6O6. The Morgan fingerprint density at radius 3 is 2.61 bits per heavy atom. The molecule has 41 heavy (non-hydrogen) atoms. The van der Waals surface area contributed by atoms with Crippen molar-refractivity contribution in [3.05, 3.63) is 54.1 Å². The molecular weight excluding hydrogens is 528 g/mol. The molecule has 0 radical (unpaired) electrons. The van der Waals surface area contributed by atoms with Crippen molar-refractivity contribution in [2.75, 3.05) is 25.1 Å². The van der Waals surface area contributed by atoms with Crippen molar-refractivity contribution in [3.8, 4) is 11.1 Å². The zero-order valence-electron chi connectivity index (χ0n) is 23.8. The van der Waals surface area contributed by atoms with Crippen molar-refractivity contribution < 1.29 is 29.0 Å². The first-order chi connectivity index (χ1) is 19.6. The van der Waals surface area contributed by atoms with Gasteiger partial charge in [-0.2, -0.15) is 10.2 Å². The van der Waals surface area contributed by atoms with Crippen LogP contribution in [0.25, 0.3) is 11.1 Å². The number of nitrogens with zero attached hydrogens (tertiary/aromatic N) is 4. The summed E-state index contributed by atoms with van der Waals surface area (Å²) in [5, 5.41) is 23.8. The van der Waals surface area contributed by atoms with Crippen molar-refractivity contribution in [3.63, 3.8) is 0 Å². The second-order valence-electron chi connectivity index (χ2n) is 11.0. The topological polar surface area (TPSA) is 150 Å². The summed E-state index contributed by atoms with van der Waals surface area (Å²) >= 11 is 0. The van der Waals surface area contributed by atoms with E-state index in [0.29, 0.717) is 25.3 Å². The lowest BCUT2D eigenvalue weighted by molar-refractivity contribution is 0.0525. The number of ether oxygens (including phenoxy) is 2. The molecule has 1 aliphatic heterocycles. The van der Waals surface area contributed by atoms with E-state index in [1.54, 1.807) is 35.3 Å². The molecule has 1 aromatic carbocycles. The molecule has 3 aromatic rings. The number of aromatic nitrogens is 4. The van der Waals surface area contributed by atoms with Gasteiger partial charge in [-0.05, 0) is 70.6 Å². The molecule has 1 saturated heterocycles. The van der Waals surface area contributed by atoms with E-state index in [1.165, 1.54) is 0 Å². The predicted octanol–water partition coefficient (Wildman–Crippen LogP) is 4.74. The largest absolute Gasteiger partial charge is 0.476 e. The van der Waals surface area contributed by atoms with Crippen LogP contribution in [0.15, 0.2) is 42.9 Å². The lowest BCUT2D eigenvalue weighted by Gasteiger charge is -2.22. The Bertz CT molecular complexity index is 1350. The number of nitrogens with one attached hydrogen (secondary N) is 2. The van der Waals surface area contributed by atoms with Gasteiger partial charge in [-0.1, -0.05) is 12.1 Å². The fourth-order valence-corrected chi connectivity index (χ4v) is 4.53. The highest BCUT2D eigenvalue weighted by Gasteiger charge is 2.23. The second kappa shape index (κ2) is 13.4. The molecule has 0 saturated carbocycles. The van der Waals surface area contributed by atoms with Gasteiger partial charge in [0.05, 0.1) is 17.9 Å². The van der Waals surface area contributed by atoms with E-state index in [1.807, 2.05) is 37.7 Å². The Labute approximate surface area is 239 Å². The van der Waals surface area contributed by atoms with E-state index in [4.69, 9.17) is 9.47 Å². The first-order valence-corrected chi connectivity index (χ1v) is 13.9. The van der Waals surface area contributed by atoms with Crippen LogP contribution >= 0.6 is 0 Å². The third-order valence-corrected chi connectivity index (χ3v) is 6.57. The molecule has 0 unspecified atom stereocenters. The number of hydrogen-bond acceptors (Lipinski definition) is 7. The van der Waals surface area contributed by atoms with Gasteiger partial charge in [0.1, 0.15) is 5.60 Å². The van der Waals surface area contributed by atoms with Crippen LogP contribution < -0.4 is 10.6 Å². The molecule has 3 N–H and O–H groups in total. The van der Waals surface area contributed by atoms with Gasteiger partial charge in [0.15, 0.2) is 5.69 Å². The smallest absolute Gasteiger partial charge is 0.407 e. The molecule has 12 heteroatoms. The minimum absolute atomic E-state index is 0.0290. The molecule has 0 aliphatic carbocycles. The lowest BCUT2D eigenvalue weighted by atomic mass is 10.1. The average Bonchev–Trinajstić information content (AvgIpc) is 3.58. The Balaban J connectivity index is 1.31. The van der Waals surface area contributed by atoms with Gasteiger partial charge in [0.2, 0.25) is 0 Å². The second-order valence-corrected chi connectivity index (χ2v) is 11.0. The number of anilines is 1. The van der Waals surface area contributed by atoms with E-state index in [2.05, 4.69) is 20.8 Å². The molecule has 0 atom stereocenters. The van der Waals surface area contributed by atoms with E-state index in [-0.39, 0.29) is 17.4 Å². The van der Waals surface area contributed by atoms with Crippen molar-refractivity contribution in [2.24, 2.45) is 0 Å². The first-order valence-electron chi connectivity index (χ1n) is 13.9. The summed E-state index contributed by atoms with van der Waals surface area (Å²) in [5.74, 6) is -1.63.